The van der Waals surface area contributed by atoms with Crippen LogP contribution in [-0.4, -0.2) is 4.98 Å². The number of hydrogen-bond acceptors (Lipinski definition) is 2. The molecule has 0 aliphatic heterocycles. The first-order valence-corrected chi connectivity index (χ1v) is 3.98. The first kappa shape index (κ1) is 12.7. The molecule has 0 radical (unpaired) electrons. The van der Waals surface area contributed by atoms with Crippen molar-refractivity contribution in [2.45, 2.75) is 27.2 Å². The molecule has 0 N–H and O–H groups in total. The van der Waals surface area contributed by atoms with Crippen LogP contribution in [0.1, 0.15) is 29.4 Å². The number of hydrogen-bond donors (Lipinski definition) is 0. The van der Waals surface area contributed by atoms with E-state index in [2.05, 4.69) is 17.1 Å². The Balaban J connectivity index is 0.00000144. The molecule has 0 spiro atoms. The number of aryl methyl sites for hydroxylation is 3. The van der Waals surface area contributed by atoms with Gasteiger partial charge in [0.05, 0.1) is 6.07 Å². The Morgan fingerprint density at radius 3 is 2.54 bits per heavy atom. The molecule has 0 aliphatic carbocycles. The minimum absolute atomic E-state index is 0. The van der Waals surface area contributed by atoms with Crippen molar-refractivity contribution in [3.8, 4) is 6.07 Å². The van der Waals surface area contributed by atoms with Gasteiger partial charge >= 0.3 is 32.7 Å². The maximum Gasteiger partial charge on any atom is 3.00 e. The van der Waals surface area contributed by atoms with Gasteiger partial charge in [-0.25, -0.2) is 5.26 Å². The van der Waals surface area contributed by atoms with Crippen LogP contribution in [0.25, 0.3) is 0 Å². The van der Waals surface area contributed by atoms with Crippen molar-refractivity contribution in [2.75, 3.05) is 0 Å². The van der Waals surface area contributed by atoms with Crippen LogP contribution in [-0.2, 0) is 39.1 Å². The van der Waals surface area contributed by atoms with E-state index < -0.39 is 0 Å². The third kappa shape index (κ3) is 2.86. The van der Waals surface area contributed by atoms with Gasteiger partial charge in [-0.1, -0.05) is 32.9 Å². The molecular weight excluding hydrogens is 237 g/mol. The van der Waals surface area contributed by atoms with E-state index >= 15 is 0 Å². The molecule has 1 heterocycles. The summed E-state index contributed by atoms with van der Waals surface area (Å²) in [6.45, 7) is 5.86. The van der Waals surface area contributed by atoms with Gasteiger partial charge in [0.1, 0.15) is 0 Å². The van der Waals surface area contributed by atoms with Gasteiger partial charge in [0, 0.05) is 5.69 Å². The van der Waals surface area contributed by atoms with Crippen LogP contribution in [0, 0.1) is 31.2 Å². The zero-order valence-corrected chi connectivity index (χ0v) is 11.0. The fourth-order valence-corrected chi connectivity index (χ4v) is 1.04. The summed E-state index contributed by atoms with van der Waals surface area (Å²) < 4.78 is 0. The Kier molecular flexibility index (Phi) is 5.36. The molecule has 0 amide bonds. The molecule has 1 aromatic rings. The summed E-state index contributed by atoms with van der Waals surface area (Å²) in [4.78, 5) is 4.17. The smallest absolute Gasteiger partial charge is 0.369 e. The Hall–Kier alpha value is -0.256. The quantitative estimate of drug-likeness (QED) is 0.712. The molecule has 0 unspecified atom stereocenters. The molecule has 0 aliphatic rings. The van der Waals surface area contributed by atoms with Gasteiger partial charge in [0.2, 0.25) is 0 Å². The normalized spacial score (nSPS) is 8.77. The second-order valence-electron chi connectivity index (χ2n) is 2.74. The summed E-state index contributed by atoms with van der Waals surface area (Å²) in [5, 5.41) is 8.73. The maximum atomic E-state index is 8.73. The SMILES string of the molecule is CCc1[c-]c(C)c(C)nc1C#N.[Y+3]. The Labute approximate surface area is 104 Å². The van der Waals surface area contributed by atoms with Crippen molar-refractivity contribution in [1.29, 1.82) is 5.26 Å². The topological polar surface area (TPSA) is 36.7 Å². The van der Waals surface area contributed by atoms with Crippen molar-refractivity contribution in [3.05, 3.63) is 28.6 Å². The van der Waals surface area contributed by atoms with E-state index in [0.717, 1.165) is 23.2 Å². The van der Waals surface area contributed by atoms with Crippen molar-refractivity contribution < 1.29 is 32.7 Å². The summed E-state index contributed by atoms with van der Waals surface area (Å²) in [7, 11) is 0. The number of pyridine rings is 1. The van der Waals surface area contributed by atoms with E-state index in [-0.39, 0.29) is 32.7 Å². The zero-order valence-electron chi connectivity index (χ0n) is 8.18. The fourth-order valence-electron chi connectivity index (χ4n) is 1.04. The van der Waals surface area contributed by atoms with E-state index in [1.54, 1.807) is 0 Å². The molecule has 2 nitrogen and oxygen atoms in total. The molecule has 3 heteroatoms. The number of aromatic nitrogens is 1. The molecule has 0 aromatic carbocycles. The van der Waals surface area contributed by atoms with Crippen molar-refractivity contribution in [1.82, 2.24) is 4.98 Å². The molecule has 13 heavy (non-hydrogen) atoms. The molecule has 0 fully saturated rings. The number of nitriles is 1. The molecule has 1 aromatic heterocycles. The zero-order chi connectivity index (χ0) is 9.14. The maximum absolute atomic E-state index is 8.73. The van der Waals surface area contributed by atoms with Crippen molar-refractivity contribution in [2.24, 2.45) is 0 Å². The van der Waals surface area contributed by atoms with Gasteiger partial charge in [0.15, 0.2) is 0 Å². The van der Waals surface area contributed by atoms with Crippen LogP contribution in [0.5, 0.6) is 0 Å². The Morgan fingerprint density at radius 1 is 1.46 bits per heavy atom. The molecular formula is C10H11N2Y+2. The number of nitrogens with zero attached hydrogens (tertiary/aromatic N) is 2. The van der Waals surface area contributed by atoms with Crippen molar-refractivity contribution >= 4 is 0 Å². The van der Waals surface area contributed by atoms with E-state index in [0.29, 0.717) is 5.69 Å². The van der Waals surface area contributed by atoms with Crippen LogP contribution in [0.2, 0.25) is 0 Å². The van der Waals surface area contributed by atoms with E-state index in [1.807, 2.05) is 20.8 Å². The second kappa shape index (κ2) is 5.47. The summed E-state index contributed by atoms with van der Waals surface area (Å²) in [6.07, 6.45) is 0.816. The van der Waals surface area contributed by atoms with Crippen LogP contribution in [0.15, 0.2) is 0 Å². The summed E-state index contributed by atoms with van der Waals surface area (Å²) >= 11 is 0. The predicted molar refractivity (Wildman–Crippen MR) is 46.6 cm³/mol. The summed E-state index contributed by atoms with van der Waals surface area (Å²) in [5.41, 5.74) is 3.36. The molecule has 0 bridgehead atoms. The fraction of sp³-hybridized carbons (Fsp3) is 0.400. The largest absolute Gasteiger partial charge is 3.00 e. The first-order valence-electron chi connectivity index (χ1n) is 3.98. The average molecular weight is 248 g/mol. The summed E-state index contributed by atoms with van der Waals surface area (Å²) in [5.74, 6) is 0. The van der Waals surface area contributed by atoms with E-state index in [1.165, 1.54) is 0 Å². The van der Waals surface area contributed by atoms with Gasteiger partial charge < -0.3 is 4.98 Å². The van der Waals surface area contributed by atoms with E-state index in [4.69, 9.17) is 5.26 Å². The molecule has 0 saturated heterocycles. The van der Waals surface area contributed by atoms with Gasteiger partial charge in [-0.15, -0.1) is 11.1 Å². The van der Waals surface area contributed by atoms with Crippen LogP contribution in [0.3, 0.4) is 0 Å². The number of rotatable bonds is 1. The van der Waals surface area contributed by atoms with Crippen LogP contribution >= 0.6 is 0 Å². The monoisotopic (exact) mass is 248 g/mol. The molecule has 1 rings (SSSR count). The minimum atomic E-state index is 0. The Bertz CT molecular complexity index is 340. The van der Waals surface area contributed by atoms with Crippen LogP contribution in [0.4, 0.5) is 0 Å². The third-order valence-corrected chi connectivity index (χ3v) is 1.91. The summed E-state index contributed by atoms with van der Waals surface area (Å²) in [6, 6.07) is 5.23. The minimum Gasteiger partial charge on any atom is -0.369 e. The van der Waals surface area contributed by atoms with Gasteiger partial charge in [-0.05, 0) is 0 Å². The van der Waals surface area contributed by atoms with Gasteiger partial charge in [0.25, 0.3) is 0 Å². The van der Waals surface area contributed by atoms with Gasteiger partial charge in [-0.2, -0.15) is 6.07 Å². The van der Waals surface area contributed by atoms with Gasteiger partial charge in [-0.3, -0.25) is 0 Å². The first-order chi connectivity index (χ1) is 5.69. The third-order valence-electron chi connectivity index (χ3n) is 1.91. The van der Waals surface area contributed by atoms with Crippen LogP contribution < -0.4 is 0 Å². The average Bonchev–Trinajstić information content (AvgIpc) is 2.09. The second-order valence-corrected chi connectivity index (χ2v) is 2.74. The molecule has 0 saturated carbocycles. The Morgan fingerprint density at radius 2 is 2.08 bits per heavy atom. The van der Waals surface area contributed by atoms with Crippen molar-refractivity contribution in [3.63, 3.8) is 0 Å². The van der Waals surface area contributed by atoms with E-state index in [9.17, 15) is 0 Å². The standard InChI is InChI=1S/C10H11N2.Y/c1-4-9-5-7(2)8(3)12-10(9)6-11;/h4H2,1-3H3;/q-1;+3. The molecule has 0 atom stereocenters. The molecule has 62 valence electrons. The predicted octanol–water partition coefficient (Wildman–Crippen LogP) is 1.93.